The van der Waals surface area contributed by atoms with E-state index >= 15 is 0 Å². The maximum atomic E-state index is 12.9. The summed E-state index contributed by atoms with van der Waals surface area (Å²) in [7, 11) is 0. The molecule has 0 bridgehead atoms. The van der Waals surface area contributed by atoms with Crippen molar-refractivity contribution in [2.45, 2.75) is 18.0 Å². The first-order chi connectivity index (χ1) is 11.8. The third-order valence-corrected chi connectivity index (χ3v) is 5.26. The highest BCUT2D eigenvalue weighted by atomic mass is 32.2. The number of rotatable bonds is 3. The fraction of sp³-hybridized carbons (Fsp3) is 0.278. The van der Waals surface area contributed by atoms with Crippen LogP contribution in [-0.4, -0.2) is 23.1 Å². The zero-order valence-corrected chi connectivity index (χ0v) is 13.9. The van der Waals surface area contributed by atoms with Gasteiger partial charge in [0.2, 0.25) is 5.91 Å². The highest BCUT2D eigenvalue weighted by molar-refractivity contribution is 7.99. The number of nitrogens with zero attached hydrogens (tertiary/aromatic N) is 1. The quantitative estimate of drug-likeness (QED) is 0.734. The fourth-order valence-electron chi connectivity index (χ4n) is 2.72. The molecule has 1 saturated heterocycles. The lowest BCUT2D eigenvalue weighted by molar-refractivity contribution is -0.137. The van der Waals surface area contributed by atoms with E-state index in [0.29, 0.717) is 17.7 Å². The second-order valence-electron chi connectivity index (χ2n) is 5.73. The van der Waals surface area contributed by atoms with Crippen LogP contribution in [0.25, 0.3) is 0 Å². The van der Waals surface area contributed by atoms with E-state index in [0.717, 1.165) is 17.9 Å². The van der Waals surface area contributed by atoms with Crippen LogP contribution < -0.4 is 0 Å². The van der Waals surface area contributed by atoms with Crippen LogP contribution >= 0.6 is 11.8 Å². The molecule has 1 aliphatic rings. The SMILES string of the molecule is O=C(Cc1ccc(F)cc1)N1CCSC1c1ccc(C(F)(F)F)cc1. The van der Waals surface area contributed by atoms with Gasteiger partial charge in [-0.15, -0.1) is 11.8 Å². The molecule has 0 aliphatic carbocycles. The van der Waals surface area contributed by atoms with Gasteiger partial charge in [-0.1, -0.05) is 24.3 Å². The highest BCUT2D eigenvalue weighted by Gasteiger charge is 2.33. The second kappa shape index (κ2) is 7.07. The third-order valence-electron chi connectivity index (χ3n) is 4.00. The Morgan fingerprint density at radius 1 is 1.08 bits per heavy atom. The van der Waals surface area contributed by atoms with Crippen LogP contribution in [0.5, 0.6) is 0 Å². The molecule has 0 saturated carbocycles. The van der Waals surface area contributed by atoms with Crippen LogP contribution in [0.1, 0.15) is 22.1 Å². The topological polar surface area (TPSA) is 20.3 Å². The van der Waals surface area contributed by atoms with Crippen molar-refractivity contribution in [2.24, 2.45) is 0 Å². The van der Waals surface area contributed by atoms with Gasteiger partial charge in [-0.25, -0.2) is 4.39 Å². The smallest absolute Gasteiger partial charge is 0.325 e. The molecule has 1 fully saturated rings. The number of carbonyl (C=O) groups is 1. The molecule has 0 N–H and O–H groups in total. The molecule has 3 rings (SSSR count). The van der Waals surface area contributed by atoms with Crippen molar-refractivity contribution in [3.63, 3.8) is 0 Å². The molecule has 25 heavy (non-hydrogen) atoms. The Bertz CT molecular complexity index is 743. The van der Waals surface area contributed by atoms with E-state index in [2.05, 4.69) is 0 Å². The van der Waals surface area contributed by atoms with Crippen LogP contribution in [0.4, 0.5) is 17.6 Å². The Labute approximate surface area is 146 Å². The van der Waals surface area contributed by atoms with Crippen molar-refractivity contribution in [1.29, 1.82) is 0 Å². The number of carbonyl (C=O) groups excluding carboxylic acids is 1. The maximum Gasteiger partial charge on any atom is 0.416 e. The van der Waals surface area contributed by atoms with Gasteiger partial charge < -0.3 is 4.90 Å². The minimum Gasteiger partial charge on any atom is -0.325 e. The van der Waals surface area contributed by atoms with Crippen molar-refractivity contribution in [3.05, 3.63) is 71.0 Å². The Morgan fingerprint density at radius 2 is 1.72 bits per heavy atom. The van der Waals surface area contributed by atoms with Gasteiger partial charge in [0.1, 0.15) is 11.2 Å². The first-order valence-corrected chi connectivity index (χ1v) is 8.72. The van der Waals surface area contributed by atoms with E-state index in [1.54, 1.807) is 17.0 Å². The van der Waals surface area contributed by atoms with Gasteiger partial charge in [0.25, 0.3) is 0 Å². The summed E-state index contributed by atoms with van der Waals surface area (Å²) in [4.78, 5) is 14.2. The number of benzene rings is 2. The molecule has 2 aromatic rings. The molecule has 1 aliphatic heterocycles. The summed E-state index contributed by atoms with van der Waals surface area (Å²) < 4.78 is 51.0. The van der Waals surface area contributed by atoms with E-state index in [-0.39, 0.29) is 23.5 Å². The van der Waals surface area contributed by atoms with Crippen molar-refractivity contribution in [2.75, 3.05) is 12.3 Å². The summed E-state index contributed by atoms with van der Waals surface area (Å²) in [6, 6.07) is 10.6. The van der Waals surface area contributed by atoms with Gasteiger partial charge >= 0.3 is 6.18 Å². The van der Waals surface area contributed by atoms with Crippen LogP contribution in [0.3, 0.4) is 0 Å². The molecule has 132 valence electrons. The Hall–Kier alpha value is -2.02. The van der Waals surface area contributed by atoms with Crippen LogP contribution in [-0.2, 0) is 17.4 Å². The number of amides is 1. The van der Waals surface area contributed by atoms with Gasteiger partial charge in [0, 0.05) is 12.3 Å². The fourth-order valence-corrected chi connectivity index (χ4v) is 3.99. The van der Waals surface area contributed by atoms with Crippen molar-refractivity contribution < 1.29 is 22.4 Å². The molecule has 0 aromatic heterocycles. The van der Waals surface area contributed by atoms with Crippen LogP contribution in [0, 0.1) is 5.82 Å². The molecule has 0 spiro atoms. The minimum absolute atomic E-state index is 0.124. The van der Waals surface area contributed by atoms with Crippen molar-refractivity contribution >= 4 is 17.7 Å². The molecule has 1 unspecified atom stereocenters. The highest BCUT2D eigenvalue weighted by Crippen LogP contribution is 2.39. The van der Waals surface area contributed by atoms with Gasteiger partial charge in [0.05, 0.1) is 12.0 Å². The van der Waals surface area contributed by atoms with Crippen LogP contribution in [0.15, 0.2) is 48.5 Å². The average Bonchev–Trinajstić information content (AvgIpc) is 3.06. The molecule has 1 amide bonds. The Kier molecular flexibility index (Phi) is 5.03. The van der Waals surface area contributed by atoms with E-state index in [1.807, 2.05) is 0 Å². The first-order valence-electron chi connectivity index (χ1n) is 7.67. The largest absolute Gasteiger partial charge is 0.416 e. The summed E-state index contributed by atoms with van der Waals surface area (Å²) in [6.07, 6.45) is -4.24. The summed E-state index contributed by atoms with van der Waals surface area (Å²) in [5, 5.41) is -0.296. The van der Waals surface area contributed by atoms with Gasteiger partial charge in [0.15, 0.2) is 0 Å². The maximum absolute atomic E-state index is 12.9. The molecular weight excluding hydrogens is 354 g/mol. The van der Waals surface area contributed by atoms with E-state index in [1.165, 1.54) is 36.0 Å². The number of hydrogen-bond acceptors (Lipinski definition) is 2. The molecule has 0 radical (unpaired) electrons. The Balaban J connectivity index is 1.73. The summed E-state index contributed by atoms with van der Waals surface area (Å²) in [5.41, 5.74) is 0.667. The molecule has 1 heterocycles. The van der Waals surface area contributed by atoms with Gasteiger partial charge in [-0.2, -0.15) is 13.2 Å². The predicted molar refractivity (Wildman–Crippen MR) is 88.5 cm³/mol. The molecular formula is C18H15F4NOS. The number of halogens is 4. The van der Waals surface area contributed by atoms with E-state index < -0.39 is 11.7 Å². The number of hydrogen-bond donors (Lipinski definition) is 0. The lowest BCUT2D eigenvalue weighted by Gasteiger charge is -2.24. The van der Waals surface area contributed by atoms with Crippen molar-refractivity contribution in [3.8, 4) is 0 Å². The van der Waals surface area contributed by atoms with Gasteiger partial charge in [-0.05, 0) is 35.4 Å². The predicted octanol–water partition coefficient (Wildman–Crippen LogP) is 4.66. The average molecular weight is 369 g/mol. The zero-order valence-electron chi connectivity index (χ0n) is 13.1. The zero-order chi connectivity index (χ0) is 18.0. The Morgan fingerprint density at radius 3 is 2.32 bits per heavy atom. The summed E-state index contributed by atoms with van der Waals surface area (Å²) in [6.45, 7) is 0.538. The normalized spacial score (nSPS) is 17.8. The second-order valence-corrected chi connectivity index (χ2v) is 6.92. The molecule has 1 atom stereocenters. The van der Waals surface area contributed by atoms with Gasteiger partial charge in [-0.3, -0.25) is 4.79 Å². The minimum atomic E-state index is -4.38. The summed E-state index contributed by atoms with van der Waals surface area (Å²) in [5.74, 6) is 0.234. The lowest BCUT2D eigenvalue weighted by atomic mass is 10.1. The summed E-state index contributed by atoms with van der Waals surface area (Å²) >= 11 is 1.52. The first kappa shape index (κ1) is 17.8. The van der Waals surface area contributed by atoms with E-state index in [9.17, 15) is 22.4 Å². The van der Waals surface area contributed by atoms with Crippen LogP contribution in [0.2, 0.25) is 0 Å². The number of thioether (sulfide) groups is 1. The molecule has 2 aromatic carbocycles. The van der Waals surface area contributed by atoms with Crippen molar-refractivity contribution in [1.82, 2.24) is 4.90 Å². The molecule has 7 heteroatoms. The standard InChI is InChI=1S/C18H15F4NOS/c19-15-7-1-12(2-8-15)11-16(24)23-9-10-25-17(23)13-3-5-14(6-4-13)18(20,21)22/h1-8,17H,9-11H2. The third kappa shape index (κ3) is 4.15. The number of alkyl halides is 3. The lowest BCUT2D eigenvalue weighted by Crippen LogP contribution is -2.31. The molecule has 2 nitrogen and oxygen atoms in total. The monoisotopic (exact) mass is 369 g/mol. The van der Waals surface area contributed by atoms with E-state index in [4.69, 9.17) is 0 Å².